The second kappa shape index (κ2) is 15.3. The number of ether oxygens (including phenoxy) is 4. The first-order valence-electron chi connectivity index (χ1n) is 16.4. The molecule has 49 heavy (non-hydrogen) atoms. The molecule has 2 heterocycles. The van der Waals surface area contributed by atoms with E-state index in [-0.39, 0.29) is 43.8 Å². The molecule has 11 nitrogen and oxygen atoms in total. The smallest absolute Gasteiger partial charge is 0.323 e. The molecule has 0 saturated heterocycles. The standard InChI is InChI=1S/C38H42N4O7/c1-25-20-42(26(2)23-43)37(44)18-28-17-29(39-38(45)40-30-12-16-34-35(19-30)47-24-46-34)11-15-33(28)49-36(25)22-41(3)21-27-9-13-32(14-10-27)48-31-7-5-4-6-8-31/h4-17,19,25-26,36,43H,18,20-24H2,1-3H3,(H2,39,40,45)/t25-,26-,36+/m1/s1. The normalized spacial score (nSPS) is 17.7. The van der Waals surface area contributed by atoms with Crippen molar-refractivity contribution in [3.8, 4) is 28.7 Å². The van der Waals surface area contributed by atoms with E-state index in [9.17, 15) is 14.7 Å². The number of carbonyl (C=O) groups excluding carboxylic acids is 2. The first-order chi connectivity index (χ1) is 23.7. The molecule has 3 amide bonds. The van der Waals surface area contributed by atoms with Gasteiger partial charge in [0.05, 0.1) is 19.1 Å². The molecule has 256 valence electrons. The van der Waals surface area contributed by atoms with E-state index < -0.39 is 6.03 Å². The largest absolute Gasteiger partial charge is 0.488 e. The number of nitrogens with zero attached hydrogens (tertiary/aromatic N) is 2. The number of urea groups is 1. The van der Waals surface area contributed by atoms with E-state index in [1.807, 2.05) is 56.4 Å². The van der Waals surface area contributed by atoms with Gasteiger partial charge in [-0.15, -0.1) is 0 Å². The molecule has 4 aromatic carbocycles. The Morgan fingerprint density at radius 3 is 2.35 bits per heavy atom. The molecule has 0 spiro atoms. The quantitative estimate of drug-likeness (QED) is 0.185. The number of aliphatic hydroxyl groups excluding tert-OH is 1. The van der Waals surface area contributed by atoms with Crippen molar-refractivity contribution in [3.63, 3.8) is 0 Å². The maximum Gasteiger partial charge on any atom is 0.323 e. The number of benzene rings is 4. The highest BCUT2D eigenvalue weighted by molar-refractivity contribution is 6.00. The molecule has 0 aromatic heterocycles. The number of hydrogen-bond donors (Lipinski definition) is 3. The second-order valence-corrected chi connectivity index (χ2v) is 12.6. The molecule has 2 aliphatic heterocycles. The van der Waals surface area contributed by atoms with Crippen molar-refractivity contribution in [2.45, 2.75) is 39.0 Å². The summed E-state index contributed by atoms with van der Waals surface area (Å²) >= 11 is 0. The summed E-state index contributed by atoms with van der Waals surface area (Å²) in [6.45, 7) is 5.61. The lowest BCUT2D eigenvalue weighted by atomic mass is 10.0. The van der Waals surface area contributed by atoms with Crippen LogP contribution >= 0.6 is 0 Å². The van der Waals surface area contributed by atoms with Crippen molar-refractivity contribution in [2.75, 3.05) is 44.2 Å². The van der Waals surface area contributed by atoms with Crippen LogP contribution in [0.2, 0.25) is 0 Å². The van der Waals surface area contributed by atoms with Gasteiger partial charge in [-0.25, -0.2) is 4.79 Å². The number of anilines is 2. The van der Waals surface area contributed by atoms with Crippen molar-refractivity contribution >= 4 is 23.3 Å². The van der Waals surface area contributed by atoms with Crippen molar-refractivity contribution in [3.05, 3.63) is 102 Å². The predicted molar refractivity (Wildman–Crippen MR) is 186 cm³/mol. The molecular formula is C38H42N4O7. The molecule has 0 unspecified atom stereocenters. The Kier molecular flexibility index (Phi) is 10.5. The van der Waals surface area contributed by atoms with Gasteiger partial charge in [0.15, 0.2) is 11.5 Å². The van der Waals surface area contributed by atoms with Crippen molar-refractivity contribution in [1.29, 1.82) is 0 Å². The van der Waals surface area contributed by atoms with Crippen LogP contribution in [0.3, 0.4) is 0 Å². The van der Waals surface area contributed by atoms with Gasteiger partial charge in [-0.3, -0.25) is 9.69 Å². The molecule has 0 bridgehead atoms. The van der Waals surface area contributed by atoms with Gasteiger partial charge in [0.2, 0.25) is 12.7 Å². The number of aliphatic hydroxyl groups is 1. The number of carbonyl (C=O) groups is 2. The molecule has 4 aromatic rings. The number of nitrogens with one attached hydrogen (secondary N) is 2. The zero-order valence-electron chi connectivity index (χ0n) is 27.9. The topological polar surface area (TPSA) is 122 Å². The fraction of sp³-hybridized carbons (Fsp3) is 0.316. The highest BCUT2D eigenvalue weighted by Gasteiger charge is 2.31. The lowest BCUT2D eigenvalue weighted by Gasteiger charge is -2.34. The van der Waals surface area contributed by atoms with Crippen LogP contribution < -0.4 is 29.6 Å². The van der Waals surface area contributed by atoms with E-state index in [1.165, 1.54) is 0 Å². The summed E-state index contributed by atoms with van der Waals surface area (Å²) in [5.74, 6) is 3.17. The number of rotatable bonds is 10. The summed E-state index contributed by atoms with van der Waals surface area (Å²) in [6, 6.07) is 27.4. The summed E-state index contributed by atoms with van der Waals surface area (Å²) in [5.41, 5.74) is 2.83. The van der Waals surface area contributed by atoms with Gasteiger partial charge >= 0.3 is 6.03 Å². The van der Waals surface area contributed by atoms with Gasteiger partial charge in [-0.05, 0) is 74.1 Å². The minimum atomic E-state index is -0.447. The van der Waals surface area contributed by atoms with E-state index in [0.717, 1.165) is 17.1 Å². The Morgan fingerprint density at radius 2 is 1.61 bits per heavy atom. The molecular weight excluding hydrogens is 624 g/mol. The van der Waals surface area contributed by atoms with Crippen LogP contribution in [0.1, 0.15) is 25.0 Å². The third-order valence-electron chi connectivity index (χ3n) is 8.65. The molecule has 0 saturated carbocycles. The summed E-state index contributed by atoms with van der Waals surface area (Å²) in [6.07, 6.45) is -0.206. The second-order valence-electron chi connectivity index (χ2n) is 12.6. The van der Waals surface area contributed by atoms with Crippen LogP contribution in [-0.4, -0.2) is 72.5 Å². The average Bonchev–Trinajstić information content (AvgIpc) is 3.57. The van der Waals surface area contributed by atoms with Gasteiger partial charge in [0.1, 0.15) is 23.4 Å². The molecule has 0 aliphatic carbocycles. The lowest BCUT2D eigenvalue weighted by molar-refractivity contribution is -0.134. The summed E-state index contributed by atoms with van der Waals surface area (Å²) in [5, 5.41) is 15.7. The van der Waals surface area contributed by atoms with Crippen molar-refractivity contribution < 1.29 is 33.6 Å². The Labute approximate surface area is 286 Å². The predicted octanol–water partition coefficient (Wildman–Crippen LogP) is 6.13. The number of hydrogen-bond acceptors (Lipinski definition) is 8. The molecule has 3 N–H and O–H groups in total. The monoisotopic (exact) mass is 666 g/mol. The molecule has 0 radical (unpaired) electrons. The molecule has 2 aliphatic rings. The third kappa shape index (κ3) is 8.62. The Hall–Kier alpha value is -5.26. The molecule has 0 fully saturated rings. The SMILES string of the molecule is C[C@@H]1CN([C@H](C)CO)C(=O)Cc2cc(NC(=O)Nc3ccc4c(c3)OCO4)ccc2O[C@H]1CN(C)Cc1ccc(Oc2ccccc2)cc1. The molecule has 3 atom stereocenters. The maximum absolute atomic E-state index is 13.6. The Balaban J connectivity index is 1.15. The average molecular weight is 667 g/mol. The minimum absolute atomic E-state index is 0.0433. The zero-order valence-corrected chi connectivity index (χ0v) is 27.9. The van der Waals surface area contributed by atoms with Crippen LogP contribution in [0.15, 0.2) is 91.0 Å². The Bertz CT molecular complexity index is 1750. The molecule has 11 heteroatoms. The van der Waals surface area contributed by atoms with Gasteiger partial charge < -0.3 is 39.6 Å². The number of likely N-dealkylation sites (N-methyl/N-ethyl adjacent to an activating group) is 1. The first kappa shape index (κ1) is 33.6. The highest BCUT2D eigenvalue weighted by atomic mass is 16.7. The van der Waals surface area contributed by atoms with Gasteiger partial charge in [0, 0.05) is 48.6 Å². The fourth-order valence-electron chi connectivity index (χ4n) is 5.96. The highest BCUT2D eigenvalue weighted by Crippen LogP contribution is 2.34. The van der Waals surface area contributed by atoms with Gasteiger partial charge in [-0.2, -0.15) is 0 Å². The van der Waals surface area contributed by atoms with E-state index in [1.54, 1.807) is 41.3 Å². The summed E-state index contributed by atoms with van der Waals surface area (Å²) < 4.78 is 23.4. The fourth-order valence-corrected chi connectivity index (χ4v) is 5.96. The first-order valence-corrected chi connectivity index (χ1v) is 16.4. The lowest BCUT2D eigenvalue weighted by Crippen LogP contribution is -2.47. The van der Waals surface area contributed by atoms with Gasteiger partial charge in [-0.1, -0.05) is 37.3 Å². The molecule has 6 rings (SSSR count). The van der Waals surface area contributed by atoms with E-state index >= 15 is 0 Å². The minimum Gasteiger partial charge on any atom is -0.488 e. The van der Waals surface area contributed by atoms with Crippen LogP contribution in [0, 0.1) is 5.92 Å². The van der Waals surface area contributed by atoms with Crippen LogP contribution in [-0.2, 0) is 17.8 Å². The van der Waals surface area contributed by atoms with E-state index in [0.29, 0.717) is 53.8 Å². The third-order valence-corrected chi connectivity index (χ3v) is 8.65. The van der Waals surface area contributed by atoms with Crippen LogP contribution in [0.25, 0.3) is 0 Å². The summed E-state index contributed by atoms with van der Waals surface area (Å²) in [4.78, 5) is 30.5. The number of para-hydroxylation sites is 1. The summed E-state index contributed by atoms with van der Waals surface area (Å²) in [7, 11) is 2.04. The number of amides is 3. The number of fused-ring (bicyclic) bond motifs is 2. The maximum atomic E-state index is 13.6. The van der Waals surface area contributed by atoms with E-state index in [2.05, 4.69) is 34.6 Å². The zero-order chi connectivity index (χ0) is 34.3. The Morgan fingerprint density at radius 1 is 0.939 bits per heavy atom. The van der Waals surface area contributed by atoms with Gasteiger partial charge in [0.25, 0.3) is 0 Å². The van der Waals surface area contributed by atoms with Crippen LogP contribution in [0.5, 0.6) is 28.7 Å². The van der Waals surface area contributed by atoms with Crippen LogP contribution in [0.4, 0.5) is 16.2 Å². The van der Waals surface area contributed by atoms with Crippen molar-refractivity contribution in [2.24, 2.45) is 5.92 Å². The van der Waals surface area contributed by atoms with E-state index in [4.69, 9.17) is 18.9 Å². The van der Waals surface area contributed by atoms with Crippen molar-refractivity contribution in [1.82, 2.24) is 9.80 Å².